The summed E-state index contributed by atoms with van der Waals surface area (Å²) in [5, 5.41) is 13.2. The van der Waals surface area contributed by atoms with Gasteiger partial charge >= 0.3 is 5.97 Å². The molecule has 0 unspecified atom stereocenters. The predicted molar refractivity (Wildman–Crippen MR) is 124 cm³/mol. The van der Waals surface area contributed by atoms with Crippen LogP contribution in [0, 0.1) is 5.41 Å². The number of carbonyl (C=O) groups excluding carboxylic acids is 2. The number of nitrogens with zero attached hydrogens (tertiary/aromatic N) is 3. The van der Waals surface area contributed by atoms with Gasteiger partial charge < -0.3 is 9.47 Å². The molecule has 0 radical (unpaired) electrons. The second kappa shape index (κ2) is 8.64. The van der Waals surface area contributed by atoms with Crippen LogP contribution in [0.2, 0.25) is 0 Å². The summed E-state index contributed by atoms with van der Waals surface area (Å²) in [6, 6.07) is 13.1. The number of rotatable bonds is 4. The molecule has 0 bridgehead atoms. The molecule has 0 fully saturated rings. The van der Waals surface area contributed by atoms with Crippen molar-refractivity contribution in [2.45, 2.75) is 0 Å². The van der Waals surface area contributed by atoms with E-state index in [4.69, 9.17) is 14.9 Å². The highest BCUT2D eigenvalue weighted by atomic mass is 32.3. The van der Waals surface area contributed by atoms with E-state index in [1.54, 1.807) is 36.4 Å². The quantitative estimate of drug-likeness (QED) is 0.397. The van der Waals surface area contributed by atoms with Crippen molar-refractivity contribution in [3.05, 3.63) is 65.2 Å². The third kappa shape index (κ3) is 4.56. The Morgan fingerprint density at radius 3 is 2.55 bits per heavy atom. The Labute approximate surface area is 193 Å². The van der Waals surface area contributed by atoms with E-state index in [1.807, 2.05) is 0 Å². The van der Waals surface area contributed by atoms with Crippen molar-refractivity contribution in [1.29, 1.82) is 5.41 Å². The molecular formula is C21H16N4O6S2. The molecular weight excluding hydrogens is 468 g/mol. The number of fused-ring (bicyclic) bond motifs is 1. The fourth-order valence-electron chi connectivity index (χ4n) is 2.88. The fraction of sp³-hybridized carbons (Fsp3) is 0.0952. The lowest BCUT2D eigenvalue weighted by atomic mass is 10.1. The first-order chi connectivity index (χ1) is 15.7. The normalized spacial score (nSPS) is 16.9. The molecule has 4 rings (SSSR count). The van der Waals surface area contributed by atoms with Crippen LogP contribution in [0.15, 0.2) is 64.2 Å². The lowest BCUT2D eigenvalue weighted by Crippen LogP contribution is -2.35. The van der Waals surface area contributed by atoms with Gasteiger partial charge in [-0.25, -0.2) is 13.2 Å². The molecule has 0 spiro atoms. The maximum absolute atomic E-state index is 12.5. The maximum Gasteiger partial charge on any atom is 0.343 e. The molecule has 33 heavy (non-hydrogen) atoms. The summed E-state index contributed by atoms with van der Waals surface area (Å²) in [5.41, 5.74) is 0.754. The lowest BCUT2D eigenvalue weighted by Gasteiger charge is -2.20. The van der Waals surface area contributed by atoms with E-state index in [1.165, 1.54) is 25.3 Å². The number of sulfone groups is 1. The standard InChI is InChI=1S/C21H16N4O6S2/c1-30-16-11-12(8-9-15(16)31-19(27)13-6-4-3-5-7-13)10-14-17(22)25-20(23-18(14)26)32-21(24-25)33(2,28)29/h3-11,22H,1-2H3. The van der Waals surface area contributed by atoms with E-state index in [0.717, 1.165) is 11.3 Å². The summed E-state index contributed by atoms with van der Waals surface area (Å²) >= 11 is 0.710. The number of methoxy groups -OCH3 is 1. The number of thioether (sulfide) groups is 1. The first-order valence-electron chi connectivity index (χ1n) is 9.33. The number of amides is 1. The summed E-state index contributed by atoms with van der Waals surface area (Å²) in [7, 11) is -2.21. The molecule has 0 aliphatic carbocycles. The molecule has 2 aromatic carbocycles. The van der Waals surface area contributed by atoms with Crippen molar-refractivity contribution in [3.63, 3.8) is 0 Å². The number of aliphatic imine (C=N–C) groups is 1. The summed E-state index contributed by atoms with van der Waals surface area (Å²) in [6.45, 7) is 0. The van der Waals surface area contributed by atoms with Crippen LogP contribution in [-0.2, 0) is 14.6 Å². The molecule has 12 heteroatoms. The Kier molecular flexibility index (Phi) is 5.87. The van der Waals surface area contributed by atoms with Crippen molar-refractivity contribution in [2.75, 3.05) is 13.4 Å². The smallest absolute Gasteiger partial charge is 0.343 e. The monoisotopic (exact) mass is 484 g/mol. The number of benzene rings is 2. The SMILES string of the molecule is COc1cc(C=C2C(=N)N3N=C(S(C)(=O)=O)SC3=NC2=O)ccc1OC(=O)c1ccccc1. The molecule has 2 heterocycles. The third-order valence-corrected chi connectivity index (χ3v) is 7.04. The molecule has 2 aliphatic heterocycles. The van der Waals surface area contributed by atoms with Gasteiger partial charge in [-0.05, 0) is 47.7 Å². The van der Waals surface area contributed by atoms with E-state index < -0.39 is 21.7 Å². The predicted octanol–water partition coefficient (Wildman–Crippen LogP) is 2.54. The zero-order chi connectivity index (χ0) is 23.8. The highest BCUT2D eigenvalue weighted by molar-refractivity contribution is 8.42. The molecule has 168 valence electrons. The first-order valence-corrected chi connectivity index (χ1v) is 12.0. The number of carbonyl (C=O) groups is 2. The number of esters is 1. The van der Waals surface area contributed by atoms with E-state index in [2.05, 4.69) is 10.1 Å². The van der Waals surface area contributed by atoms with E-state index in [9.17, 15) is 18.0 Å². The molecule has 10 nitrogen and oxygen atoms in total. The van der Waals surface area contributed by atoms with Crippen LogP contribution < -0.4 is 9.47 Å². The van der Waals surface area contributed by atoms with Crippen LogP contribution in [0.3, 0.4) is 0 Å². The Morgan fingerprint density at radius 1 is 1.15 bits per heavy atom. The number of nitrogens with one attached hydrogen (secondary N) is 1. The molecule has 0 saturated carbocycles. The van der Waals surface area contributed by atoms with E-state index in [0.29, 0.717) is 22.9 Å². The highest BCUT2D eigenvalue weighted by Crippen LogP contribution is 2.32. The van der Waals surface area contributed by atoms with Crippen LogP contribution in [0.5, 0.6) is 11.5 Å². The average Bonchev–Trinajstić information content (AvgIpc) is 3.23. The topological polar surface area (TPSA) is 139 Å². The molecule has 1 amide bonds. The van der Waals surface area contributed by atoms with Gasteiger partial charge in [0, 0.05) is 6.26 Å². The van der Waals surface area contributed by atoms with Gasteiger partial charge in [-0.15, -0.1) is 5.10 Å². The number of ether oxygens (including phenoxy) is 2. The van der Waals surface area contributed by atoms with Crippen LogP contribution in [0.1, 0.15) is 15.9 Å². The molecule has 0 aromatic heterocycles. The average molecular weight is 485 g/mol. The largest absolute Gasteiger partial charge is 0.493 e. The van der Waals surface area contributed by atoms with Crippen LogP contribution >= 0.6 is 11.8 Å². The summed E-state index contributed by atoms with van der Waals surface area (Å²) < 4.78 is 34.0. The van der Waals surface area contributed by atoms with Gasteiger partial charge in [0.05, 0.1) is 18.2 Å². The van der Waals surface area contributed by atoms with Gasteiger partial charge in [0.25, 0.3) is 5.91 Å². The second-order valence-electron chi connectivity index (χ2n) is 6.82. The minimum absolute atomic E-state index is 0.00308. The van der Waals surface area contributed by atoms with Crippen molar-refractivity contribution < 1.29 is 27.5 Å². The molecule has 2 aliphatic rings. The minimum atomic E-state index is -3.62. The first kappa shape index (κ1) is 22.4. The van der Waals surface area contributed by atoms with Gasteiger partial charge in [-0.2, -0.15) is 10.0 Å². The van der Waals surface area contributed by atoms with E-state index in [-0.39, 0.29) is 32.5 Å². The van der Waals surface area contributed by atoms with Crippen molar-refractivity contribution in [3.8, 4) is 11.5 Å². The van der Waals surface area contributed by atoms with Crippen molar-refractivity contribution in [2.24, 2.45) is 10.1 Å². The second-order valence-corrected chi connectivity index (χ2v) is 9.97. The molecule has 0 saturated heterocycles. The van der Waals surface area contributed by atoms with Crippen LogP contribution in [-0.4, -0.2) is 54.0 Å². The summed E-state index contributed by atoms with van der Waals surface area (Å²) in [6.07, 6.45) is 2.38. The van der Waals surface area contributed by atoms with Gasteiger partial charge in [-0.3, -0.25) is 10.2 Å². The zero-order valence-corrected chi connectivity index (χ0v) is 18.9. The van der Waals surface area contributed by atoms with Gasteiger partial charge in [-0.1, -0.05) is 24.3 Å². The summed E-state index contributed by atoms with van der Waals surface area (Å²) in [5.74, 6) is -1.16. The Morgan fingerprint density at radius 2 is 1.88 bits per heavy atom. The zero-order valence-electron chi connectivity index (χ0n) is 17.3. The van der Waals surface area contributed by atoms with Crippen LogP contribution in [0.4, 0.5) is 0 Å². The number of hydrogen-bond acceptors (Lipinski definition) is 9. The lowest BCUT2D eigenvalue weighted by molar-refractivity contribution is -0.114. The summed E-state index contributed by atoms with van der Waals surface area (Å²) in [4.78, 5) is 28.7. The molecule has 2 aromatic rings. The molecule has 1 N–H and O–H groups in total. The van der Waals surface area contributed by atoms with Gasteiger partial charge in [0.1, 0.15) is 0 Å². The van der Waals surface area contributed by atoms with Gasteiger partial charge in [0.15, 0.2) is 17.3 Å². The van der Waals surface area contributed by atoms with E-state index >= 15 is 0 Å². The van der Waals surface area contributed by atoms with Crippen LogP contribution in [0.25, 0.3) is 6.08 Å². The van der Waals surface area contributed by atoms with Crippen molar-refractivity contribution >= 4 is 54.9 Å². The fourth-order valence-corrected chi connectivity index (χ4v) is 4.57. The molecule has 0 atom stereocenters. The third-order valence-electron chi connectivity index (χ3n) is 4.46. The maximum atomic E-state index is 12.5. The Hall–Kier alpha value is -3.77. The minimum Gasteiger partial charge on any atom is -0.493 e. The Bertz CT molecular complexity index is 1380. The van der Waals surface area contributed by atoms with Crippen molar-refractivity contribution in [1.82, 2.24) is 5.01 Å². The number of hydrazone groups is 1. The highest BCUT2D eigenvalue weighted by Gasteiger charge is 2.38. The number of amidine groups is 2. The Balaban J connectivity index is 1.62. The van der Waals surface area contributed by atoms with Gasteiger partial charge in [0.2, 0.25) is 19.4 Å². The number of hydrogen-bond donors (Lipinski definition) is 1.